The van der Waals surface area contributed by atoms with Crippen LogP contribution in [0.15, 0.2) is 34.3 Å². The van der Waals surface area contributed by atoms with E-state index in [2.05, 4.69) is 21.0 Å². The standard InChI is InChI=1S/C12H10BrF3N2OS/c1-11(13)9(17-18(2)10(11)19)7-3-5-8(6-4-7)20-12(14,15)16/h3-6H,1-2H3. The first-order valence-corrected chi connectivity index (χ1v) is 7.14. The van der Waals surface area contributed by atoms with E-state index in [1.807, 2.05) is 0 Å². The highest BCUT2D eigenvalue weighted by Crippen LogP contribution is 2.37. The van der Waals surface area contributed by atoms with Crippen molar-refractivity contribution in [2.45, 2.75) is 21.7 Å². The molecule has 0 N–H and O–H groups in total. The van der Waals surface area contributed by atoms with Gasteiger partial charge in [0.2, 0.25) is 0 Å². The summed E-state index contributed by atoms with van der Waals surface area (Å²) in [7, 11) is 1.53. The van der Waals surface area contributed by atoms with Gasteiger partial charge in [-0.15, -0.1) is 0 Å². The lowest BCUT2D eigenvalue weighted by Crippen LogP contribution is -2.37. The molecule has 1 aliphatic heterocycles. The summed E-state index contributed by atoms with van der Waals surface area (Å²) in [6.07, 6.45) is 0. The largest absolute Gasteiger partial charge is 0.446 e. The second kappa shape index (κ2) is 5.07. The van der Waals surface area contributed by atoms with Crippen molar-refractivity contribution in [2.75, 3.05) is 7.05 Å². The van der Waals surface area contributed by atoms with Crippen molar-refractivity contribution < 1.29 is 18.0 Å². The number of hydrogen-bond donors (Lipinski definition) is 0. The molecule has 2 rings (SSSR count). The van der Waals surface area contributed by atoms with Crippen LogP contribution in [0.5, 0.6) is 0 Å². The van der Waals surface area contributed by atoms with Gasteiger partial charge < -0.3 is 0 Å². The molecule has 1 aromatic carbocycles. The van der Waals surface area contributed by atoms with E-state index in [1.165, 1.54) is 36.3 Å². The third kappa shape index (κ3) is 3.01. The zero-order valence-corrected chi connectivity index (χ0v) is 12.9. The third-order valence-electron chi connectivity index (χ3n) is 2.75. The Bertz CT molecular complexity index is 569. The molecule has 0 fully saturated rings. The molecule has 1 aromatic rings. The average Bonchev–Trinajstić information content (AvgIpc) is 2.52. The van der Waals surface area contributed by atoms with E-state index < -0.39 is 9.83 Å². The van der Waals surface area contributed by atoms with E-state index in [0.717, 1.165) is 0 Å². The molecule has 1 atom stereocenters. The normalized spacial score (nSPS) is 23.2. The van der Waals surface area contributed by atoms with Crippen LogP contribution in [-0.4, -0.2) is 33.5 Å². The molecule has 1 aliphatic rings. The lowest BCUT2D eigenvalue weighted by atomic mass is 9.99. The van der Waals surface area contributed by atoms with Gasteiger partial charge in [0, 0.05) is 11.9 Å². The number of hydrogen-bond acceptors (Lipinski definition) is 3. The number of benzene rings is 1. The molecule has 0 aromatic heterocycles. The van der Waals surface area contributed by atoms with E-state index >= 15 is 0 Å². The average molecular weight is 367 g/mol. The highest BCUT2D eigenvalue weighted by atomic mass is 79.9. The summed E-state index contributed by atoms with van der Waals surface area (Å²) in [5, 5.41) is 5.33. The van der Waals surface area contributed by atoms with Gasteiger partial charge in [0.15, 0.2) is 0 Å². The molecule has 0 saturated heterocycles. The van der Waals surface area contributed by atoms with Crippen molar-refractivity contribution in [2.24, 2.45) is 5.10 Å². The quantitative estimate of drug-likeness (QED) is 0.591. The zero-order chi connectivity index (χ0) is 15.1. The highest BCUT2D eigenvalue weighted by molar-refractivity contribution is 9.10. The number of carbonyl (C=O) groups is 1. The first-order chi connectivity index (χ1) is 9.11. The Morgan fingerprint density at radius 1 is 1.30 bits per heavy atom. The van der Waals surface area contributed by atoms with Crippen LogP contribution >= 0.6 is 27.7 Å². The van der Waals surface area contributed by atoms with Crippen LogP contribution in [0.2, 0.25) is 0 Å². The van der Waals surface area contributed by atoms with Gasteiger partial charge in [-0.1, -0.05) is 28.1 Å². The van der Waals surface area contributed by atoms with Crippen molar-refractivity contribution in [1.29, 1.82) is 0 Å². The maximum atomic E-state index is 12.2. The minimum Gasteiger partial charge on any atom is -0.271 e. The molecule has 1 unspecified atom stereocenters. The Hall–Kier alpha value is -1.02. The molecular formula is C12H10BrF3N2OS. The Kier molecular flexibility index (Phi) is 3.90. The molecule has 0 radical (unpaired) electrons. The van der Waals surface area contributed by atoms with Gasteiger partial charge in [0.25, 0.3) is 5.91 Å². The Morgan fingerprint density at radius 3 is 2.25 bits per heavy atom. The summed E-state index contributed by atoms with van der Waals surface area (Å²) in [4.78, 5) is 12.0. The topological polar surface area (TPSA) is 32.7 Å². The number of hydrazone groups is 1. The molecule has 20 heavy (non-hydrogen) atoms. The van der Waals surface area contributed by atoms with Crippen molar-refractivity contribution in [3.05, 3.63) is 29.8 Å². The van der Waals surface area contributed by atoms with Crippen molar-refractivity contribution in [3.63, 3.8) is 0 Å². The maximum absolute atomic E-state index is 12.2. The fourth-order valence-corrected chi connectivity index (χ4v) is 2.94. The van der Waals surface area contributed by atoms with Gasteiger partial charge in [-0.3, -0.25) is 4.79 Å². The monoisotopic (exact) mass is 366 g/mol. The number of halogens is 4. The van der Waals surface area contributed by atoms with Gasteiger partial charge in [-0.05, 0) is 36.4 Å². The van der Waals surface area contributed by atoms with Crippen LogP contribution in [0.3, 0.4) is 0 Å². The number of alkyl halides is 4. The van der Waals surface area contributed by atoms with Crippen LogP contribution in [0, 0.1) is 0 Å². The lowest BCUT2D eigenvalue weighted by molar-refractivity contribution is -0.128. The lowest BCUT2D eigenvalue weighted by Gasteiger charge is -2.16. The smallest absolute Gasteiger partial charge is 0.271 e. The van der Waals surface area contributed by atoms with Crippen LogP contribution in [0.4, 0.5) is 13.2 Å². The van der Waals surface area contributed by atoms with Crippen LogP contribution in [-0.2, 0) is 4.79 Å². The minimum absolute atomic E-state index is 0.0933. The second-order valence-electron chi connectivity index (χ2n) is 4.35. The molecule has 1 heterocycles. The minimum atomic E-state index is -4.31. The molecule has 8 heteroatoms. The maximum Gasteiger partial charge on any atom is 0.446 e. The van der Waals surface area contributed by atoms with Crippen LogP contribution in [0.25, 0.3) is 0 Å². The summed E-state index contributed by atoms with van der Waals surface area (Å²) in [5.41, 5.74) is -3.23. The molecule has 0 bridgehead atoms. The number of carbonyl (C=O) groups excluding carboxylic acids is 1. The predicted molar refractivity (Wildman–Crippen MR) is 75.0 cm³/mol. The van der Waals surface area contributed by atoms with Crippen LogP contribution < -0.4 is 0 Å². The first-order valence-electron chi connectivity index (χ1n) is 5.53. The summed E-state index contributed by atoms with van der Waals surface area (Å²) < 4.78 is 35.8. The van der Waals surface area contributed by atoms with Crippen LogP contribution in [0.1, 0.15) is 12.5 Å². The second-order valence-corrected chi connectivity index (χ2v) is 7.08. The molecular weight excluding hydrogens is 357 g/mol. The van der Waals surface area contributed by atoms with Gasteiger partial charge in [-0.25, -0.2) is 5.01 Å². The van der Waals surface area contributed by atoms with Gasteiger partial charge in [0.05, 0.1) is 5.71 Å². The van der Waals surface area contributed by atoms with E-state index in [9.17, 15) is 18.0 Å². The molecule has 3 nitrogen and oxygen atoms in total. The summed E-state index contributed by atoms with van der Waals surface area (Å²) in [6, 6.07) is 5.78. The van der Waals surface area contributed by atoms with Crippen molar-refractivity contribution >= 4 is 39.3 Å². The Balaban J connectivity index is 2.27. The van der Waals surface area contributed by atoms with Gasteiger partial charge >= 0.3 is 5.51 Å². The molecule has 1 amide bonds. The fraction of sp³-hybridized carbons (Fsp3) is 0.333. The van der Waals surface area contributed by atoms with E-state index in [0.29, 0.717) is 11.3 Å². The van der Waals surface area contributed by atoms with Gasteiger partial charge in [0.1, 0.15) is 4.32 Å². The summed E-state index contributed by atoms with van der Waals surface area (Å²) in [6.45, 7) is 1.66. The Morgan fingerprint density at radius 2 is 1.85 bits per heavy atom. The molecule has 108 valence electrons. The van der Waals surface area contributed by atoms with E-state index in [4.69, 9.17) is 0 Å². The molecule has 0 spiro atoms. The summed E-state index contributed by atoms with van der Waals surface area (Å²) >= 11 is 3.14. The third-order valence-corrected chi connectivity index (χ3v) is 4.21. The first kappa shape index (κ1) is 15.4. The number of thioether (sulfide) groups is 1. The van der Waals surface area contributed by atoms with Crippen molar-refractivity contribution in [1.82, 2.24) is 5.01 Å². The molecule has 0 saturated carbocycles. The molecule has 0 aliphatic carbocycles. The zero-order valence-electron chi connectivity index (χ0n) is 10.5. The predicted octanol–water partition coefficient (Wildman–Crippen LogP) is 3.63. The SMILES string of the molecule is CN1N=C(c2ccc(SC(F)(F)F)cc2)C(C)(Br)C1=O. The van der Waals surface area contributed by atoms with E-state index in [1.54, 1.807) is 6.92 Å². The van der Waals surface area contributed by atoms with Gasteiger partial charge in [-0.2, -0.15) is 18.3 Å². The number of rotatable bonds is 2. The van der Waals surface area contributed by atoms with E-state index in [-0.39, 0.29) is 22.6 Å². The van der Waals surface area contributed by atoms with Crippen molar-refractivity contribution in [3.8, 4) is 0 Å². The number of amides is 1. The summed E-state index contributed by atoms with van der Waals surface area (Å²) in [5.74, 6) is -0.221. The fourth-order valence-electron chi connectivity index (χ4n) is 1.84. The highest BCUT2D eigenvalue weighted by Gasteiger charge is 2.44. The number of nitrogens with zero attached hydrogens (tertiary/aromatic N) is 2. The Labute approximate surface area is 126 Å².